The van der Waals surface area contributed by atoms with Gasteiger partial charge in [-0.15, -0.1) is 0 Å². The maximum absolute atomic E-state index is 11.8. The number of ether oxygens (including phenoxy) is 1. The van der Waals surface area contributed by atoms with Gasteiger partial charge in [0.05, 0.1) is 17.6 Å². The summed E-state index contributed by atoms with van der Waals surface area (Å²) < 4.78 is 31.4. The van der Waals surface area contributed by atoms with Crippen molar-refractivity contribution in [1.29, 1.82) is 0 Å². The van der Waals surface area contributed by atoms with Crippen LogP contribution in [0.25, 0.3) is 0 Å². The predicted octanol–water partition coefficient (Wildman–Crippen LogP) is 0.642. The molecule has 0 aliphatic rings. The summed E-state index contributed by atoms with van der Waals surface area (Å²) >= 11 is 0. The molecule has 6 nitrogen and oxygen atoms in total. The van der Waals surface area contributed by atoms with Gasteiger partial charge < -0.3 is 9.57 Å². The van der Waals surface area contributed by atoms with Crippen LogP contribution in [0.3, 0.4) is 0 Å². The molecule has 1 aromatic rings. The van der Waals surface area contributed by atoms with Crippen molar-refractivity contribution in [3.63, 3.8) is 0 Å². The molecule has 0 atom stereocenters. The van der Waals surface area contributed by atoms with Crippen molar-refractivity contribution in [1.82, 2.24) is 4.72 Å². The molecule has 3 N–H and O–H groups in total. The Morgan fingerprint density at radius 2 is 1.89 bits per heavy atom. The standard InChI is InChI=1S/C11H18N2O4S/c1-9(2)17-10-3-5-11(6-4-10)18(14,15)13-7-8-16-12/h3-6,9,13H,7-8,12H2,1-2H3. The van der Waals surface area contributed by atoms with E-state index in [9.17, 15) is 8.42 Å². The predicted molar refractivity (Wildman–Crippen MR) is 67.5 cm³/mol. The number of hydrogen-bond donors (Lipinski definition) is 2. The van der Waals surface area contributed by atoms with E-state index in [2.05, 4.69) is 9.56 Å². The van der Waals surface area contributed by atoms with Crippen LogP contribution < -0.4 is 15.4 Å². The molecule has 0 bridgehead atoms. The van der Waals surface area contributed by atoms with E-state index in [4.69, 9.17) is 10.6 Å². The van der Waals surface area contributed by atoms with Gasteiger partial charge in [-0.1, -0.05) is 0 Å². The first-order valence-electron chi connectivity index (χ1n) is 5.54. The SMILES string of the molecule is CC(C)Oc1ccc(S(=O)(=O)NCCON)cc1. The molecule has 0 fully saturated rings. The van der Waals surface area contributed by atoms with Crippen LogP contribution in [0.2, 0.25) is 0 Å². The summed E-state index contributed by atoms with van der Waals surface area (Å²) in [5.74, 6) is 5.44. The van der Waals surface area contributed by atoms with Gasteiger partial charge in [0, 0.05) is 6.54 Å². The Labute approximate surface area is 107 Å². The fourth-order valence-electron chi connectivity index (χ4n) is 1.29. The molecular weight excluding hydrogens is 256 g/mol. The minimum atomic E-state index is -3.52. The van der Waals surface area contributed by atoms with Gasteiger partial charge in [0.1, 0.15) is 5.75 Å². The lowest BCUT2D eigenvalue weighted by molar-refractivity contribution is 0.143. The minimum absolute atomic E-state index is 0.0484. The molecule has 0 radical (unpaired) electrons. The lowest BCUT2D eigenvalue weighted by Crippen LogP contribution is -2.28. The van der Waals surface area contributed by atoms with Crippen LogP contribution in [-0.2, 0) is 14.9 Å². The van der Waals surface area contributed by atoms with E-state index in [-0.39, 0.29) is 24.2 Å². The molecule has 0 spiro atoms. The van der Waals surface area contributed by atoms with Crippen molar-refractivity contribution in [3.05, 3.63) is 24.3 Å². The Hall–Kier alpha value is -1.15. The van der Waals surface area contributed by atoms with Crippen molar-refractivity contribution in [2.75, 3.05) is 13.2 Å². The number of sulfonamides is 1. The zero-order valence-electron chi connectivity index (χ0n) is 10.4. The van der Waals surface area contributed by atoms with Crippen molar-refractivity contribution < 1.29 is 18.0 Å². The van der Waals surface area contributed by atoms with Gasteiger partial charge >= 0.3 is 0 Å². The summed E-state index contributed by atoms with van der Waals surface area (Å²) in [7, 11) is -3.52. The summed E-state index contributed by atoms with van der Waals surface area (Å²) in [6.45, 7) is 4.05. The van der Waals surface area contributed by atoms with Gasteiger partial charge in [0.2, 0.25) is 10.0 Å². The zero-order valence-corrected chi connectivity index (χ0v) is 11.2. The van der Waals surface area contributed by atoms with E-state index in [1.807, 2.05) is 13.8 Å². The Balaban J connectivity index is 2.71. The van der Waals surface area contributed by atoms with Crippen LogP contribution in [0.5, 0.6) is 5.75 Å². The molecule has 0 aliphatic heterocycles. The summed E-state index contributed by atoms with van der Waals surface area (Å²) in [6, 6.07) is 6.22. The van der Waals surface area contributed by atoms with E-state index < -0.39 is 10.0 Å². The Bertz CT molecular complexity index is 456. The molecule has 0 saturated carbocycles. The average molecular weight is 274 g/mol. The first-order valence-corrected chi connectivity index (χ1v) is 7.02. The third-order valence-electron chi connectivity index (χ3n) is 2.02. The quantitative estimate of drug-likeness (QED) is 0.562. The van der Waals surface area contributed by atoms with E-state index in [1.54, 1.807) is 12.1 Å². The molecule has 7 heteroatoms. The summed E-state index contributed by atoms with van der Waals surface area (Å²) in [6.07, 6.45) is 0.0484. The fraction of sp³-hybridized carbons (Fsp3) is 0.455. The molecule has 102 valence electrons. The molecule has 0 heterocycles. The van der Waals surface area contributed by atoms with Gasteiger partial charge in [-0.05, 0) is 38.1 Å². The molecule has 0 aromatic heterocycles. The van der Waals surface area contributed by atoms with Crippen LogP contribution in [0.4, 0.5) is 0 Å². The largest absolute Gasteiger partial charge is 0.491 e. The van der Waals surface area contributed by atoms with Gasteiger partial charge in [0.15, 0.2) is 0 Å². The molecule has 0 amide bonds. The first kappa shape index (κ1) is 14.9. The van der Waals surface area contributed by atoms with Gasteiger partial charge in [-0.2, -0.15) is 0 Å². The van der Waals surface area contributed by atoms with Crippen LogP contribution in [0.1, 0.15) is 13.8 Å². The molecule has 1 rings (SSSR count). The maximum atomic E-state index is 11.8. The minimum Gasteiger partial charge on any atom is -0.491 e. The van der Waals surface area contributed by atoms with E-state index in [0.717, 1.165) is 0 Å². The second kappa shape index (κ2) is 6.69. The number of rotatable bonds is 7. The second-order valence-corrected chi connectivity index (χ2v) is 5.67. The van der Waals surface area contributed by atoms with Crippen molar-refractivity contribution in [3.8, 4) is 5.75 Å². The zero-order chi connectivity index (χ0) is 13.6. The van der Waals surface area contributed by atoms with Crippen LogP contribution in [0.15, 0.2) is 29.2 Å². The van der Waals surface area contributed by atoms with Crippen molar-refractivity contribution in [2.45, 2.75) is 24.8 Å². The second-order valence-electron chi connectivity index (χ2n) is 3.91. The maximum Gasteiger partial charge on any atom is 0.240 e. The molecule has 1 aromatic carbocycles. The summed E-state index contributed by atoms with van der Waals surface area (Å²) in [5.41, 5.74) is 0. The number of benzene rings is 1. The highest BCUT2D eigenvalue weighted by atomic mass is 32.2. The smallest absolute Gasteiger partial charge is 0.240 e. The number of nitrogens with two attached hydrogens (primary N) is 1. The molecule has 0 unspecified atom stereocenters. The molecular formula is C11H18N2O4S. The van der Waals surface area contributed by atoms with E-state index in [0.29, 0.717) is 5.75 Å². The number of hydrogen-bond acceptors (Lipinski definition) is 5. The third kappa shape index (κ3) is 4.61. The van der Waals surface area contributed by atoms with Crippen molar-refractivity contribution >= 4 is 10.0 Å². The topological polar surface area (TPSA) is 90.7 Å². The Kier molecular flexibility index (Phi) is 5.54. The van der Waals surface area contributed by atoms with Gasteiger partial charge in [-0.3, -0.25) is 0 Å². The first-order chi connectivity index (χ1) is 8.45. The molecule has 18 heavy (non-hydrogen) atoms. The highest BCUT2D eigenvalue weighted by Crippen LogP contribution is 2.16. The highest BCUT2D eigenvalue weighted by Gasteiger charge is 2.13. The lowest BCUT2D eigenvalue weighted by Gasteiger charge is -2.10. The molecule has 0 aliphatic carbocycles. The number of nitrogens with one attached hydrogen (secondary N) is 1. The van der Waals surface area contributed by atoms with E-state index in [1.165, 1.54) is 12.1 Å². The monoisotopic (exact) mass is 274 g/mol. The summed E-state index contributed by atoms with van der Waals surface area (Å²) in [5, 5.41) is 0. The Morgan fingerprint density at radius 1 is 1.28 bits per heavy atom. The van der Waals surface area contributed by atoms with Crippen LogP contribution in [-0.4, -0.2) is 27.7 Å². The third-order valence-corrected chi connectivity index (χ3v) is 3.49. The average Bonchev–Trinajstić information content (AvgIpc) is 2.29. The van der Waals surface area contributed by atoms with Crippen molar-refractivity contribution in [2.24, 2.45) is 5.90 Å². The van der Waals surface area contributed by atoms with Crippen LogP contribution >= 0.6 is 0 Å². The summed E-state index contributed by atoms with van der Waals surface area (Å²) in [4.78, 5) is 4.47. The molecule has 0 saturated heterocycles. The van der Waals surface area contributed by atoms with Gasteiger partial charge in [-0.25, -0.2) is 19.0 Å². The van der Waals surface area contributed by atoms with E-state index >= 15 is 0 Å². The highest BCUT2D eigenvalue weighted by molar-refractivity contribution is 7.89. The van der Waals surface area contributed by atoms with Crippen LogP contribution in [0, 0.1) is 0 Å². The normalized spacial score (nSPS) is 11.8. The fourth-order valence-corrected chi connectivity index (χ4v) is 2.30. The Morgan fingerprint density at radius 3 is 2.39 bits per heavy atom. The van der Waals surface area contributed by atoms with Gasteiger partial charge in [0.25, 0.3) is 0 Å². The lowest BCUT2D eigenvalue weighted by atomic mass is 10.3.